The average Bonchev–Trinajstić information content (AvgIpc) is 3.86. The zero-order valence-electron chi connectivity index (χ0n) is 23.2. The van der Waals surface area contributed by atoms with E-state index < -0.39 is 14.8 Å². The molecule has 43 heavy (non-hydrogen) atoms. The molecule has 12 nitrogen and oxygen atoms in total. The van der Waals surface area contributed by atoms with Crippen LogP contribution in [0.1, 0.15) is 76.0 Å². The maximum atomic E-state index is 10.6. The van der Waals surface area contributed by atoms with Crippen molar-refractivity contribution in [1.29, 1.82) is 0 Å². The molecular formula is C30H30MnN8O4. The summed E-state index contributed by atoms with van der Waals surface area (Å²) < 4.78 is 24.5. The fourth-order valence-electron chi connectivity index (χ4n) is 5.03. The van der Waals surface area contributed by atoms with Crippen LogP contribution in [0.5, 0.6) is 0 Å². The number of imidazole rings is 2. The zero-order valence-corrected chi connectivity index (χ0v) is 24.4. The first-order valence-corrected chi connectivity index (χ1v) is 15.0. The van der Waals surface area contributed by atoms with E-state index in [-0.39, 0.29) is 6.61 Å². The van der Waals surface area contributed by atoms with E-state index in [1.807, 2.05) is 12.4 Å². The van der Waals surface area contributed by atoms with Gasteiger partial charge in [-0.1, -0.05) is 12.1 Å². The number of pyridine rings is 2. The molecule has 2 saturated carbocycles. The minimum absolute atomic E-state index is 0.0237. The molecule has 13 heteroatoms. The Balaban J connectivity index is 0.000000141. The first-order valence-electron chi connectivity index (χ1n) is 14.0. The number of carbonyl (C=O) groups is 1. The fourth-order valence-corrected chi connectivity index (χ4v) is 5.03. The van der Waals surface area contributed by atoms with E-state index in [2.05, 4.69) is 71.8 Å². The van der Waals surface area contributed by atoms with Crippen LogP contribution >= 0.6 is 0 Å². The van der Waals surface area contributed by atoms with Crippen LogP contribution in [-0.2, 0) is 42.2 Å². The van der Waals surface area contributed by atoms with Gasteiger partial charge >= 0.3 is 22.5 Å². The molecule has 6 aromatic heterocycles. The van der Waals surface area contributed by atoms with E-state index >= 15 is 0 Å². The summed E-state index contributed by atoms with van der Waals surface area (Å²) >= 11 is -1.44. The number of hydrogen-bond acceptors (Lipinski definition) is 8. The molecule has 0 atom stereocenters. The van der Waals surface area contributed by atoms with Gasteiger partial charge in [0.15, 0.2) is 6.29 Å². The predicted octanol–water partition coefficient (Wildman–Crippen LogP) is 3.98. The van der Waals surface area contributed by atoms with Crippen molar-refractivity contribution in [2.45, 2.75) is 57.2 Å². The van der Waals surface area contributed by atoms with Crippen molar-refractivity contribution < 1.29 is 32.4 Å². The van der Waals surface area contributed by atoms with Crippen LogP contribution in [-0.4, -0.2) is 49.7 Å². The van der Waals surface area contributed by atoms with Gasteiger partial charge in [-0.3, -0.25) is 14.2 Å². The van der Waals surface area contributed by atoms with Gasteiger partial charge in [0.25, 0.3) is 0 Å². The van der Waals surface area contributed by atoms with Gasteiger partial charge in [-0.2, -0.15) is 10.2 Å². The van der Waals surface area contributed by atoms with Crippen molar-refractivity contribution >= 4 is 17.6 Å². The van der Waals surface area contributed by atoms with Gasteiger partial charge in [0.2, 0.25) is 0 Å². The van der Waals surface area contributed by atoms with E-state index in [9.17, 15) is 4.79 Å². The Morgan fingerprint density at radius 1 is 0.744 bits per heavy atom. The number of aliphatic hydroxyl groups excluding tert-OH is 1. The summed E-state index contributed by atoms with van der Waals surface area (Å²) in [5, 5.41) is 17.4. The molecule has 0 unspecified atom stereocenters. The first kappa shape index (κ1) is 28.7. The van der Waals surface area contributed by atoms with Crippen LogP contribution in [0.4, 0.5) is 0 Å². The molecule has 2 aliphatic rings. The van der Waals surface area contributed by atoms with Gasteiger partial charge in [-0.15, -0.1) is 0 Å². The van der Waals surface area contributed by atoms with Crippen LogP contribution in [0.2, 0.25) is 0 Å². The Morgan fingerprint density at radius 2 is 1.26 bits per heavy atom. The fraction of sp³-hybridized carbons (Fsp3) is 0.300. The van der Waals surface area contributed by atoms with Crippen LogP contribution in [0.25, 0.3) is 11.3 Å². The number of hydrogen-bond donors (Lipinski definition) is 1. The van der Waals surface area contributed by atoms with E-state index in [4.69, 9.17) is 12.8 Å². The number of aldehydes is 1. The van der Waals surface area contributed by atoms with Gasteiger partial charge in [0, 0.05) is 42.7 Å². The first-order chi connectivity index (χ1) is 21.0. The molecule has 0 bridgehead atoms. The molecule has 0 aliphatic heterocycles. The second kappa shape index (κ2) is 12.8. The van der Waals surface area contributed by atoms with Crippen molar-refractivity contribution in [3.8, 4) is 0 Å². The topological polar surface area (TPSA) is 142 Å². The monoisotopic (exact) mass is 621 g/mol. The summed E-state index contributed by atoms with van der Waals surface area (Å²) in [6, 6.07) is 8.50. The second-order valence-electron chi connectivity index (χ2n) is 10.8. The van der Waals surface area contributed by atoms with E-state index in [1.54, 1.807) is 28.0 Å². The maximum absolute atomic E-state index is 10.6. The minimum atomic E-state index is -1.44. The Bertz CT molecular complexity index is 1910. The molecule has 8 rings (SSSR count). The van der Waals surface area contributed by atoms with Gasteiger partial charge in [-0.05, 0) is 60.8 Å². The molecule has 0 radical (unpaired) electrons. The van der Waals surface area contributed by atoms with Gasteiger partial charge in [0.05, 0.1) is 49.0 Å². The summed E-state index contributed by atoms with van der Waals surface area (Å²) in [7, 11) is 0. The third-order valence-electron chi connectivity index (χ3n) is 7.45. The normalized spacial score (nSPS) is 14.2. The van der Waals surface area contributed by atoms with E-state index in [0.717, 1.165) is 46.4 Å². The third-order valence-corrected chi connectivity index (χ3v) is 7.45. The Labute approximate surface area is 252 Å². The summed E-state index contributed by atoms with van der Waals surface area (Å²) in [6.07, 6.45) is 21.3. The molecule has 221 valence electrons. The summed E-state index contributed by atoms with van der Waals surface area (Å²) in [4.78, 5) is 19.8. The van der Waals surface area contributed by atoms with E-state index in [1.165, 1.54) is 36.8 Å². The average molecular weight is 622 g/mol. The predicted molar refractivity (Wildman–Crippen MR) is 150 cm³/mol. The molecule has 0 aromatic carbocycles. The Kier molecular flexibility index (Phi) is 8.54. The summed E-state index contributed by atoms with van der Waals surface area (Å²) in [5.41, 5.74) is 8.05. The zero-order chi connectivity index (χ0) is 29.8. The molecule has 1 N–H and O–H groups in total. The molecular weight excluding hydrogens is 591 g/mol. The summed E-state index contributed by atoms with van der Waals surface area (Å²) in [6.45, 7) is 1.23. The van der Waals surface area contributed by atoms with Crippen molar-refractivity contribution in [2.75, 3.05) is 0 Å². The molecule has 0 saturated heterocycles. The number of rotatable bonds is 8. The number of aliphatic hydroxyl groups is 1. The van der Waals surface area contributed by atoms with Crippen LogP contribution in [0, 0.1) is 0 Å². The standard InChI is InChI=1S/C15H16N4O.C15H14N4O.Mn.2O/c2*20-10-11-5-16-19(6-11)9-14-8-18-7-13(12-1-2-12)3-4-15(18)17-14;;;/h3-8,12,20H,1-2,9-10H2;3-8,10,12H,1-2,9H2;;;. The number of aromatic nitrogens is 8. The molecule has 6 aromatic rings. The van der Waals surface area contributed by atoms with Crippen molar-refractivity contribution in [2.24, 2.45) is 0 Å². The Hall–Kier alpha value is -4.45. The van der Waals surface area contributed by atoms with Crippen molar-refractivity contribution in [3.05, 3.63) is 107 Å². The number of fused-ring (bicyclic) bond motifs is 2. The number of carbonyl (C=O) groups excluding carboxylic acids is 1. The van der Waals surface area contributed by atoms with Crippen molar-refractivity contribution in [3.63, 3.8) is 0 Å². The molecule has 2 fully saturated rings. The quantitative estimate of drug-likeness (QED) is 0.199. The van der Waals surface area contributed by atoms with E-state index in [0.29, 0.717) is 18.7 Å². The SMILES string of the molecule is O=Cc1cnn(Cc2cn3cc(C4CC4)ccc3n2)c1.OCc1cnn(Cc2cn3cc(C4CC4)ccc3n2)c1.[O]=[Mn]=[O]. The van der Waals surface area contributed by atoms with Crippen LogP contribution in [0.15, 0.2) is 73.8 Å². The summed E-state index contributed by atoms with van der Waals surface area (Å²) in [5.74, 6) is 1.50. The molecule has 0 amide bonds. The van der Waals surface area contributed by atoms with Crippen LogP contribution in [0.3, 0.4) is 0 Å². The molecule has 6 heterocycles. The Morgan fingerprint density at radius 3 is 1.70 bits per heavy atom. The van der Waals surface area contributed by atoms with Crippen molar-refractivity contribution in [1.82, 2.24) is 38.3 Å². The molecule has 0 spiro atoms. The second-order valence-corrected chi connectivity index (χ2v) is 11.0. The third kappa shape index (κ3) is 7.14. The van der Waals surface area contributed by atoms with Gasteiger partial charge in [-0.25, -0.2) is 9.97 Å². The van der Waals surface area contributed by atoms with Gasteiger partial charge < -0.3 is 13.9 Å². The molecule has 2 aliphatic carbocycles. The number of nitrogens with zero attached hydrogens (tertiary/aromatic N) is 8. The van der Waals surface area contributed by atoms with Gasteiger partial charge in [0.1, 0.15) is 11.3 Å². The van der Waals surface area contributed by atoms with Crippen LogP contribution < -0.4 is 0 Å².